The van der Waals surface area contributed by atoms with Crippen LogP contribution in [0.25, 0.3) is 0 Å². The quantitative estimate of drug-likeness (QED) is 0.418. The SMILES string of the molecule is CCc1nccn1CCOc1cc(CN2CCOC[C@](O)(COc3cc(F)cc(F)c3)C2)ccc1OC. The molecule has 1 aliphatic rings. The summed E-state index contributed by atoms with van der Waals surface area (Å²) in [4.78, 5) is 6.38. The lowest BCUT2D eigenvalue weighted by Gasteiger charge is -2.30. The molecule has 2 aromatic carbocycles. The molecule has 0 saturated carbocycles. The zero-order valence-electron chi connectivity index (χ0n) is 21.2. The summed E-state index contributed by atoms with van der Waals surface area (Å²) in [5.41, 5.74) is -0.377. The summed E-state index contributed by atoms with van der Waals surface area (Å²) in [6, 6.07) is 8.68. The Bertz CT molecular complexity index is 1150. The highest BCUT2D eigenvalue weighted by molar-refractivity contribution is 5.43. The number of methoxy groups -OCH3 is 1. The van der Waals surface area contributed by atoms with Crippen LogP contribution in [0.1, 0.15) is 18.3 Å². The van der Waals surface area contributed by atoms with Crippen LogP contribution in [0.4, 0.5) is 8.78 Å². The molecule has 1 saturated heterocycles. The Balaban J connectivity index is 1.38. The second kappa shape index (κ2) is 12.4. The molecule has 1 aliphatic heterocycles. The largest absolute Gasteiger partial charge is 0.493 e. The molecule has 3 aromatic rings. The molecule has 0 bridgehead atoms. The predicted octanol–water partition coefficient (Wildman–Crippen LogP) is 3.45. The van der Waals surface area contributed by atoms with E-state index in [1.165, 1.54) is 0 Å². The van der Waals surface area contributed by atoms with Gasteiger partial charge in [0, 0.05) is 56.6 Å². The highest BCUT2D eigenvalue weighted by Gasteiger charge is 2.33. The molecule has 200 valence electrons. The van der Waals surface area contributed by atoms with Gasteiger partial charge in [-0.3, -0.25) is 4.90 Å². The fourth-order valence-electron chi connectivity index (χ4n) is 4.35. The van der Waals surface area contributed by atoms with Crippen LogP contribution in [0.2, 0.25) is 0 Å². The number of rotatable bonds is 11. The van der Waals surface area contributed by atoms with E-state index in [1.807, 2.05) is 29.3 Å². The van der Waals surface area contributed by atoms with Crippen molar-refractivity contribution in [3.8, 4) is 17.2 Å². The van der Waals surface area contributed by atoms with E-state index in [4.69, 9.17) is 18.9 Å². The van der Waals surface area contributed by atoms with Gasteiger partial charge >= 0.3 is 0 Å². The highest BCUT2D eigenvalue weighted by Crippen LogP contribution is 2.29. The molecule has 2 heterocycles. The molecule has 37 heavy (non-hydrogen) atoms. The fraction of sp³-hybridized carbons (Fsp3) is 0.444. The van der Waals surface area contributed by atoms with Crippen molar-refractivity contribution in [3.63, 3.8) is 0 Å². The van der Waals surface area contributed by atoms with Gasteiger partial charge in [0.25, 0.3) is 0 Å². The molecular formula is C27H33F2N3O5. The molecule has 1 N–H and O–H groups in total. The molecule has 0 spiro atoms. The minimum absolute atomic E-state index is 0.0143. The van der Waals surface area contributed by atoms with Gasteiger partial charge < -0.3 is 28.6 Å². The van der Waals surface area contributed by atoms with Gasteiger partial charge in [-0.2, -0.15) is 0 Å². The van der Waals surface area contributed by atoms with Gasteiger partial charge in [-0.05, 0) is 17.7 Å². The summed E-state index contributed by atoms with van der Waals surface area (Å²) in [6.07, 6.45) is 4.57. The molecule has 4 rings (SSSR count). The van der Waals surface area contributed by atoms with Crippen LogP contribution in [-0.4, -0.2) is 71.8 Å². The van der Waals surface area contributed by atoms with Crippen LogP contribution in [0.3, 0.4) is 0 Å². The van der Waals surface area contributed by atoms with E-state index in [-0.39, 0.29) is 25.5 Å². The predicted molar refractivity (Wildman–Crippen MR) is 133 cm³/mol. The Labute approximate surface area is 215 Å². The summed E-state index contributed by atoms with van der Waals surface area (Å²) < 4.78 is 51.7. The standard InChI is InChI=1S/C27H33F2N3O5/c1-3-26-30-6-7-32(26)9-11-36-25-12-20(4-5-24(25)34-2)16-31-8-10-35-18-27(33,17-31)19-37-23-14-21(28)13-22(29)15-23/h4-7,12-15,33H,3,8-11,16-19H2,1-2H3/t27-/m0/s1. The normalized spacial score (nSPS) is 18.4. The first kappa shape index (κ1) is 26.8. The van der Waals surface area contributed by atoms with Crippen LogP contribution in [0, 0.1) is 11.6 Å². The molecule has 0 amide bonds. The van der Waals surface area contributed by atoms with Crippen LogP contribution in [0.15, 0.2) is 48.8 Å². The number of benzene rings is 2. The molecular weight excluding hydrogens is 484 g/mol. The lowest BCUT2D eigenvalue weighted by atomic mass is 10.1. The minimum Gasteiger partial charge on any atom is -0.493 e. The number of hydrogen-bond donors (Lipinski definition) is 1. The van der Waals surface area contributed by atoms with Crippen molar-refractivity contribution < 1.29 is 32.8 Å². The maximum absolute atomic E-state index is 13.5. The Morgan fingerprint density at radius 3 is 2.68 bits per heavy atom. The van der Waals surface area contributed by atoms with Crippen molar-refractivity contribution in [2.45, 2.75) is 32.0 Å². The molecule has 0 unspecified atom stereocenters. The molecule has 0 aliphatic carbocycles. The summed E-state index contributed by atoms with van der Waals surface area (Å²) in [7, 11) is 1.60. The number of hydrogen-bond acceptors (Lipinski definition) is 7. The maximum Gasteiger partial charge on any atom is 0.161 e. The van der Waals surface area contributed by atoms with Gasteiger partial charge in [0.15, 0.2) is 11.5 Å². The van der Waals surface area contributed by atoms with E-state index in [1.54, 1.807) is 13.3 Å². The van der Waals surface area contributed by atoms with Crippen molar-refractivity contribution in [2.24, 2.45) is 0 Å². The fourth-order valence-corrected chi connectivity index (χ4v) is 4.35. The van der Waals surface area contributed by atoms with E-state index in [0.717, 1.165) is 36.0 Å². The number of nitrogens with zero attached hydrogens (tertiary/aromatic N) is 3. The van der Waals surface area contributed by atoms with Crippen molar-refractivity contribution in [3.05, 3.63) is 71.8 Å². The summed E-state index contributed by atoms with van der Waals surface area (Å²) in [5.74, 6) is 0.808. The van der Waals surface area contributed by atoms with Crippen molar-refractivity contribution in [1.29, 1.82) is 0 Å². The molecule has 8 nitrogen and oxygen atoms in total. The van der Waals surface area contributed by atoms with Crippen molar-refractivity contribution in [1.82, 2.24) is 14.5 Å². The van der Waals surface area contributed by atoms with Gasteiger partial charge in [-0.1, -0.05) is 13.0 Å². The zero-order valence-corrected chi connectivity index (χ0v) is 21.2. The molecule has 1 fully saturated rings. The molecule has 0 radical (unpaired) electrons. The van der Waals surface area contributed by atoms with Crippen molar-refractivity contribution in [2.75, 3.05) is 46.6 Å². The van der Waals surface area contributed by atoms with Gasteiger partial charge in [0.1, 0.15) is 42.0 Å². The highest BCUT2D eigenvalue weighted by atomic mass is 19.1. The number of aryl methyl sites for hydroxylation is 1. The van der Waals surface area contributed by atoms with E-state index in [9.17, 15) is 13.9 Å². The van der Waals surface area contributed by atoms with E-state index < -0.39 is 17.2 Å². The Kier molecular flexibility index (Phi) is 8.96. The third-order valence-electron chi connectivity index (χ3n) is 6.13. The molecule has 1 aromatic heterocycles. The average Bonchev–Trinajstić information content (AvgIpc) is 3.24. The van der Waals surface area contributed by atoms with Gasteiger partial charge in [0.05, 0.1) is 26.9 Å². The van der Waals surface area contributed by atoms with Crippen LogP contribution in [-0.2, 0) is 24.2 Å². The summed E-state index contributed by atoms with van der Waals surface area (Å²) in [6.45, 7) is 4.88. The lowest BCUT2D eigenvalue weighted by Crippen LogP contribution is -2.48. The summed E-state index contributed by atoms with van der Waals surface area (Å²) in [5, 5.41) is 11.2. The molecule has 1 atom stereocenters. The van der Waals surface area contributed by atoms with E-state index in [2.05, 4.69) is 16.5 Å². The van der Waals surface area contributed by atoms with Gasteiger partial charge in [0.2, 0.25) is 0 Å². The minimum atomic E-state index is -1.35. The zero-order chi connectivity index (χ0) is 26.3. The number of aliphatic hydroxyl groups is 1. The van der Waals surface area contributed by atoms with Gasteiger partial charge in [-0.25, -0.2) is 13.8 Å². The number of aromatic nitrogens is 2. The second-order valence-corrected chi connectivity index (χ2v) is 9.11. The topological polar surface area (TPSA) is 78.2 Å². The lowest BCUT2D eigenvalue weighted by molar-refractivity contribution is -0.0647. The van der Waals surface area contributed by atoms with Crippen LogP contribution >= 0.6 is 0 Å². The number of ether oxygens (including phenoxy) is 4. The average molecular weight is 518 g/mol. The maximum atomic E-state index is 13.5. The Hall–Kier alpha value is -3.21. The molecule has 10 heteroatoms. The van der Waals surface area contributed by atoms with E-state index >= 15 is 0 Å². The van der Waals surface area contributed by atoms with Gasteiger partial charge in [-0.15, -0.1) is 0 Å². The number of β-amino-alcohol motifs (C(OH)–C–C–N with tert-alkyl or cyclic N) is 1. The first-order valence-corrected chi connectivity index (χ1v) is 12.3. The Morgan fingerprint density at radius 2 is 1.92 bits per heavy atom. The second-order valence-electron chi connectivity index (χ2n) is 9.11. The van der Waals surface area contributed by atoms with Crippen molar-refractivity contribution >= 4 is 0 Å². The summed E-state index contributed by atoms with van der Waals surface area (Å²) >= 11 is 0. The number of halogens is 2. The Morgan fingerprint density at radius 1 is 1.11 bits per heavy atom. The smallest absolute Gasteiger partial charge is 0.161 e. The first-order valence-electron chi connectivity index (χ1n) is 12.3. The third-order valence-corrected chi connectivity index (χ3v) is 6.13. The van der Waals surface area contributed by atoms with Crippen LogP contribution < -0.4 is 14.2 Å². The monoisotopic (exact) mass is 517 g/mol. The third kappa shape index (κ3) is 7.41. The number of imidazole rings is 1. The first-order chi connectivity index (χ1) is 17.9. The van der Waals surface area contributed by atoms with E-state index in [0.29, 0.717) is 44.3 Å². The van der Waals surface area contributed by atoms with Crippen LogP contribution in [0.5, 0.6) is 17.2 Å².